The smallest absolute Gasteiger partial charge is 0.414 e. The molecule has 9 heteroatoms. The van der Waals surface area contributed by atoms with Crippen LogP contribution in [0.3, 0.4) is 0 Å². The first-order valence-corrected chi connectivity index (χ1v) is 10.3. The normalized spacial score (nSPS) is 14.9. The summed E-state index contributed by atoms with van der Waals surface area (Å²) in [5.41, 5.74) is 1.73. The Balaban J connectivity index is 1.91. The number of thioether (sulfide) groups is 1. The summed E-state index contributed by atoms with van der Waals surface area (Å²) in [4.78, 5) is 26.2. The maximum atomic E-state index is 13.8. The van der Waals surface area contributed by atoms with E-state index < -0.39 is 11.9 Å². The molecule has 0 unspecified atom stereocenters. The van der Waals surface area contributed by atoms with Gasteiger partial charge in [0.15, 0.2) is 5.82 Å². The van der Waals surface area contributed by atoms with E-state index >= 15 is 0 Å². The summed E-state index contributed by atoms with van der Waals surface area (Å²) in [6.45, 7) is 2.49. The summed E-state index contributed by atoms with van der Waals surface area (Å²) >= 11 is 1.41. The average molecular weight is 414 g/mol. The van der Waals surface area contributed by atoms with Gasteiger partial charge in [-0.1, -0.05) is 12.1 Å². The molecule has 1 fully saturated rings. The SMILES string of the molecule is CS[C@H](C)C(=O)Nc1nn(-c2cccc(F)c2)c2cccc(N3CCOC3=O)c12. The first kappa shape index (κ1) is 19.3. The number of rotatable bonds is 5. The van der Waals surface area contributed by atoms with Crippen molar-refractivity contribution < 1.29 is 18.7 Å². The molecule has 4 rings (SSSR count). The van der Waals surface area contributed by atoms with E-state index in [1.807, 2.05) is 12.3 Å². The molecule has 1 N–H and O–H groups in total. The molecule has 2 heterocycles. The number of carbonyl (C=O) groups is 2. The minimum atomic E-state index is -0.453. The van der Waals surface area contributed by atoms with Crippen LogP contribution in [0.15, 0.2) is 42.5 Å². The lowest BCUT2D eigenvalue weighted by Crippen LogP contribution is -2.25. The maximum absolute atomic E-state index is 13.8. The van der Waals surface area contributed by atoms with Gasteiger partial charge in [0, 0.05) is 0 Å². The lowest BCUT2D eigenvalue weighted by Gasteiger charge is -2.15. The van der Waals surface area contributed by atoms with E-state index in [1.54, 1.807) is 35.9 Å². The van der Waals surface area contributed by atoms with E-state index in [9.17, 15) is 14.0 Å². The summed E-state index contributed by atoms with van der Waals surface area (Å²) in [5.74, 6) is -0.292. The quantitative estimate of drug-likeness (QED) is 0.687. The zero-order valence-corrected chi connectivity index (χ0v) is 16.7. The van der Waals surface area contributed by atoms with E-state index in [-0.39, 0.29) is 11.2 Å². The first-order chi connectivity index (χ1) is 14.0. The number of aromatic nitrogens is 2. The molecule has 7 nitrogen and oxygen atoms in total. The predicted molar refractivity (Wildman–Crippen MR) is 111 cm³/mol. The van der Waals surface area contributed by atoms with Gasteiger partial charge >= 0.3 is 6.09 Å². The lowest BCUT2D eigenvalue weighted by atomic mass is 10.2. The van der Waals surface area contributed by atoms with Crippen molar-refractivity contribution in [3.8, 4) is 5.69 Å². The van der Waals surface area contributed by atoms with Crippen LogP contribution >= 0.6 is 11.8 Å². The van der Waals surface area contributed by atoms with Crippen molar-refractivity contribution in [1.82, 2.24) is 9.78 Å². The molecule has 0 saturated carbocycles. The average Bonchev–Trinajstić information content (AvgIpc) is 3.31. The van der Waals surface area contributed by atoms with Crippen LogP contribution in [0.5, 0.6) is 0 Å². The summed E-state index contributed by atoms with van der Waals surface area (Å²) in [7, 11) is 0. The Morgan fingerprint density at radius 1 is 1.31 bits per heavy atom. The number of ether oxygens (including phenoxy) is 1. The Labute approximate surface area is 170 Å². The van der Waals surface area contributed by atoms with Gasteiger partial charge in [0.25, 0.3) is 0 Å². The van der Waals surface area contributed by atoms with Crippen molar-refractivity contribution in [2.24, 2.45) is 0 Å². The van der Waals surface area contributed by atoms with Crippen molar-refractivity contribution in [2.45, 2.75) is 12.2 Å². The largest absolute Gasteiger partial charge is 0.447 e. The highest BCUT2D eigenvalue weighted by Gasteiger charge is 2.28. The van der Waals surface area contributed by atoms with Gasteiger partial charge in [-0.3, -0.25) is 9.69 Å². The molecule has 3 aromatic rings. The van der Waals surface area contributed by atoms with Crippen LogP contribution in [0.4, 0.5) is 20.7 Å². The van der Waals surface area contributed by atoms with Crippen molar-refractivity contribution in [3.63, 3.8) is 0 Å². The molecule has 1 saturated heterocycles. The third kappa shape index (κ3) is 3.53. The summed E-state index contributed by atoms with van der Waals surface area (Å²) in [6, 6.07) is 11.4. The second-order valence-corrected chi connectivity index (χ2v) is 7.72. The summed E-state index contributed by atoms with van der Waals surface area (Å²) < 4.78 is 20.4. The number of anilines is 2. The highest BCUT2D eigenvalue weighted by molar-refractivity contribution is 7.99. The third-order valence-electron chi connectivity index (χ3n) is 4.75. The molecule has 1 aliphatic heterocycles. The topological polar surface area (TPSA) is 76.5 Å². The lowest BCUT2D eigenvalue weighted by molar-refractivity contribution is -0.115. The molecule has 1 aliphatic rings. The maximum Gasteiger partial charge on any atom is 0.414 e. The minimum Gasteiger partial charge on any atom is -0.447 e. The van der Waals surface area contributed by atoms with Crippen molar-refractivity contribution in [2.75, 3.05) is 29.6 Å². The zero-order chi connectivity index (χ0) is 20.5. The first-order valence-electron chi connectivity index (χ1n) is 9.05. The molecule has 150 valence electrons. The Morgan fingerprint density at radius 3 is 2.79 bits per heavy atom. The van der Waals surface area contributed by atoms with E-state index in [4.69, 9.17) is 4.74 Å². The van der Waals surface area contributed by atoms with Crippen molar-refractivity contribution in [1.29, 1.82) is 0 Å². The van der Waals surface area contributed by atoms with Gasteiger partial charge < -0.3 is 10.1 Å². The number of cyclic esters (lactones) is 1. The zero-order valence-electron chi connectivity index (χ0n) is 15.9. The molecule has 2 aromatic carbocycles. The number of nitrogens with one attached hydrogen (secondary N) is 1. The van der Waals surface area contributed by atoms with Gasteiger partial charge in [-0.15, -0.1) is 5.10 Å². The van der Waals surface area contributed by atoms with Gasteiger partial charge in [-0.2, -0.15) is 11.8 Å². The number of benzene rings is 2. The summed E-state index contributed by atoms with van der Waals surface area (Å²) in [6.07, 6.45) is 1.39. The van der Waals surface area contributed by atoms with E-state index in [0.29, 0.717) is 41.2 Å². The Morgan fingerprint density at radius 2 is 2.10 bits per heavy atom. The number of nitrogens with zero attached hydrogens (tertiary/aromatic N) is 3. The Bertz CT molecular complexity index is 1100. The number of halogens is 1. The number of fused-ring (bicyclic) bond motifs is 1. The predicted octanol–water partition coefficient (Wildman–Crippen LogP) is 3.81. The van der Waals surface area contributed by atoms with Crippen LogP contribution in [0.25, 0.3) is 16.6 Å². The molecule has 29 heavy (non-hydrogen) atoms. The van der Waals surface area contributed by atoms with Crippen molar-refractivity contribution >= 4 is 46.2 Å². The number of hydrogen-bond donors (Lipinski definition) is 1. The fraction of sp³-hybridized carbons (Fsp3) is 0.250. The van der Waals surface area contributed by atoms with E-state index in [1.165, 1.54) is 28.8 Å². The molecule has 2 amide bonds. The van der Waals surface area contributed by atoms with Gasteiger partial charge in [0.1, 0.15) is 12.4 Å². The molecule has 0 radical (unpaired) electrons. The second-order valence-electron chi connectivity index (χ2n) is 6.54. The molecule has 0 bridgehead atoms. The Kier molecular flexibility index (Phi) is 5.14. The van der Waals surface area contributed by atoms with Gasteiger partial charge in [-0.05, 0) is 43.5 Å². The molecular weight excluding hydrogens is 395 g/mol. The number of amides is 2. The van der Waals surface area contributed by atoms with Crippen LogP contribution in [-0.4, -0.2) is 46.4 Å². The monoisotopic (exact) mass is 414 g/mol. The standard InChI is InChI=1S/C20H19FN4O3S/c1-12(29-2)19(26)22-18-17-15(24-9-10-28-20(24)27)7-4-8-16(17)25(23-18)14-6-3-5-13(21)11-14/h3-8,11-12H,9-10H2,1-2H3,(H,22,23,26)/t12-/m1/s1. The van der Waals surface area contributed by atoms with Crippen LogP contribution < -0.4 is 10.2 Å². The highest BCUT2D eigenvalue weighted by atomic mass is 32.2. The van der Waals surface area contributed by atoms with Gasteiger partial charge in [-0.25, -0.2) is 13.9 Å². The third-order valence-corrected chi connectivity index (χ3v) is 5.68. The molecule has 1 aromatic heterocycles. The molecule has 1 atom stereocenters. The van der Waals surface area contributed by atoms with Crippen LogP contribution in [0.2, 0.25) is 0 Å². The Hall–Kier alpha value is -3.07. The minimum absolute atomic E-state index is 0.206. The van der Waals surface area contributed by atoms with Gasteiger partial charge in [0.2, 0.25) is 5.91 Å². The van der Waals surface area contributed by atoms with Crippen LogP contribution in [-0.2, 0) is 9.53 Å². The van der Waals surface area contributed by atoms with Crippen LogP contribution in [0, 0.1) is 5.82 Å². The van der Waals surface area contributed by atoms with Gasteiger partial charge in [0.05, 0.1) is 34.1 Å². The molecule has 0 spiro atoms. The van der Waals surface area contributed by atoms with E-state index in [2.05, 4.69) is 10.4 Å². The number of carbonyl (C=O) groups excluding carboxylic acids is 2. The second kappa shape index (κ2) is 7.75. The number of hydrogen-bond acceptors (Lipinski definition) is 5. The van der Waals surface area contributed by atoms with Crippen LogP contribution in [0.1, 0.15) is 6.92 Å². The molecule has 0 aliphatic carbocycles. The van der Waals surface area contributed by atoms with Crippen molar-refractivity contribution in [3.05, 3.63) is 48.3 Å². The fourth-order valence-electron chi connectivity index (χ4n) is 3.21. The summed E-state index contributed by atoms with van der Waals surface area (Å²) in [5, 5.41) is 7.71. The van der Waals surface area contributed by atoms with E-state index in [0.717, 1.165) is 0 Å². The molecular formula is C20H19FN4O3S. The highest BCUT2D eigenvalue weighted by Crippen LogP contribution is 2.36. The fourth-order valence-corrected chi connectivity index (χ4v) is 3.48.